The minimum atomic E-state index is -0.259. The lowest BCUT2D eigenvalue weighted by Gasteiger charge is -2.29. The van der Waals surface area contributed by atoms with Gasteiger partial charge in [-0.05, 0) is 97.9 Å². The molecule has 0 spiro atoms. The van der Waals surface area contributed by atoms with E-state index in [-0.39, 0.29) is 5.41 Å². The first-order valence-corrected chi connectivity index (χ1v) is 14.3. The Morgan fingerprint density at radius 1 is 0.488 bits per heavy atom. The van der Waals surface area contributed by atoms with Gasteiger partial charge in [-0.25, -0.2) is 0 Å². The van der Waals surface area contributed by atoms with Crippen LogP contribution in [0.5, 0.6) is 11.5 Å². The lowest BCUT2D eigenvalue weighted by molar-refractivity contribution is 0.487. The minimum absolute atomic E-state index is 0.259. The van der Waals surface area contributed by atoms with E-state index in [2.05, 4.69) is 140 Å². The van der Waals surface area contributed by atoms with Gasteiger partial charge in [-0.15, -0.1) is 0 Å². The summed E-state index contributed by atoms with van der Waals surface area (Å²) in [6, 6.07) is 50.9. The molecule has 2 aliphatic rings. The van der Waals surface area contributed by atoms with Gasteiger partial charge < -0.3 is 4.74 Å². The van der Waals surface area contributed by atoms with Crippen molar-refractivity contribution < 1.29 is 4.74 Å². The van der Waals surface area contributed by atoms with E-state index in [0.29, 0.717) is 0 Å². The van der Waals surface area contributed by atoms with Gasteiger partial charge in [0.05, 0.1) is 0 Å². The summed E-state index contributed by atoms with van der Waals surface area (Å²) in [6.45, 7) is 2.40. The summed E-state index contributed by atoms with van der Waals surface area (Å²) in [5, 5.41) is 4.98. The molecule has 1 unspecified atom stereocenters. The molecule has 7 aromatic rings. The molecular formula is C40H26O. The number of benzene rings is 7. The Morgan fingerprint density at radius 3 is 2.20 bits per heavy atom. The fourth-order valence-corrected chi connectivity index (χ4v) is 7.32. The van der Waals surface area contributed by atoms with Gasteiger partial charge in [0.25, 0.3) is 0 Å². The number of hydrogen-bond donors (Lipinski definition) is 0. The summed E-state index contributed by atoms with van der Waals surface area (Å²) in [6.07, 6.45) is 0. The average Bonchev–Trinajstić information content (AvgIpc) is 3.30. The fourth-order valence-electron chi connectivity index (χ4n) is 7.32. The zero-order valence-corrected chi connectivity index (χ0v) is 22.7. The normalized spacial score (nSPS) is 16.2. The van der Waals surface area contributed by atoms with Crippen LogP contribution in [0.15, 0.2) is 140 Å². The highest BCUT2D eigenvalue weighted by molar-refractivity contribution is 6.07. The van der Waals surface area contributed by atoms with Crippen molar-refractivity contribution in [2.24, 2.45) is 0 Å². The van der Waals surface area contributed by atoms with Crippen molar-refractivity contribution in [3.8, 4) is 44.9 Å². The van der Waals surface area contributed by atoms with E-state index in [1.54, 1.807) is 0 Å². The van der Waals surface area contributed by atoms with Crippen LogP contribution in [-0.2, 0) is 5.41 Å². The van der Waals surface area contributed by atoms with Crippen molar-refractivity contribution in [2.45, 2.75) is 12.3 Å². The van der Waals surface area contributed by atoms with E-state index < -0.39 is 0 Å². The van der Waals surface area contributed by atoms with Gasteiger partial charge in [0, 0.05) is 16.4 Å². The predicted molar refractivity (Wildman–Crippen MR) is 170 cm³/mol. The third-order valence-electron chi connectivity index (χ3n) is 9.32. The Bertz CT molecular complexity index is 2190. The van der Waals surface area contributed by atoms with Crippen LogP contribution >= 0.6 is 0 Å². The summed E-state index contributed by atoms with van der Waals surface area (Å²) < 4.78 is 6.30. The molecule has 0 amide bonds. The van der Waals surface area contributed by atoms with Gasteiger partial charge in [-0.1, -0.05) is 109 Å². The van der Waals surface area contributed by atoms with Gasteiger partial charge in [0.1, 0.15) is 11.5 Å². The Balaban J connectivity index is 1.32. The summed E-state index contributed by atoms with van der Waals surface area (Å²) >= 11 is 0. The minimum Gasteiger partial charge on any atom is -0.456 e. The van der Waals surface area contributed by atoms with E-state index in [0.717, 1.165) is 17.1 Å². The fraction of sp³-hybridized carbons (Fsp3) is 0.0500. The Hall–Kier alpha value is -5.14. The van der Waals surface area contributed by atoms with Crippen molar-refractivity contribution in [3.63, 3.8) is 0 Å². The standard InChI is InChI=1S/C40H26O/c1-40(29-12-3-2-4-13-29)34-21-19-25-10-5-6-14-30(25)39(34)32-20-18-26(24-35(32)40)28-22-27-11-9-17-37-38(27)33(23-28)31-15-7-8-16-36(31)41-37/h2-24H,1H3. The summed E-state index contributed by atoms with van der Waals surface area (Å²) in [4.78, 5) is 0. The van der Waals surface area contributed by atoms with Crippen molar-refractivity contribution in [2.75, 3.05) is 0 Å². The van der Waals surface area contributed by atoms with Crippen LogP contribution in [0.2, 0.25) is 0 Å². The Morgan fingerprint density at radius 2 is 1.27 bits per heavy atom. The molecule has 0 radical (unpaired) electrons. The van der Waals surface area contributed by atoms with Crippen molar-refractivity contribution in [1.82, 2.24) is 0 Å². The molecule has 0 saturated heterocycles. The third-order valence-corrected chi connectivity index (χ3v) is 9.32. The van der Waals surface area contributed by atoms with Crippen LogP contribution in [0.25, 0.3) is 54.9 Å². The smallest absolute Gasteiger partial charge is 0.135 e. The van der Waals surface area contributed by atoms with Crippen molar-refractivity contribution in [1.29, 1.82) is 0 Å². The average molecular weight is 523 g/mol. The van der Waals surface area contributed by atoms with Crippen molar-refractivity contribution >= 4 is 21.5 Å². The van der Waals surface area contributed by atoms with Crippen LogP contribution < -0.4 is 4.74 Å². The zero-order chi connectivity index (χ0) is 27.1. The number of ether oxygens (including phenoxy) is 1. The molecule has 0 aromatic heterocycles. The van der Waals surface area contributed by atoms with E-state index in [1.165, 1.54) is 66.1 Å². The molecule has 1 atom stereocenters. The third kappa shape index (κ3) is 3.06. The van der Waals surface area contributed by atoms with Gasteiger partial charge >= 0.3 is 0 Å². The second-order valence-corrected chi connectivity index (χ2v) is 11.4. The van der Waals surface area contributed by atoms with Gasteiger partial charge in [-0.3, -0.25) is 0 Å². The lowest BCUT2D eigenvalue weighted by atomic mass is 9.73. The maximum absolute atomic E-state index is 6.30. The second kappa shape index (κ2) is 8.19. The molecule has 0 N–H and O–H groups in total. The van der Waals surface area contributed by atoms with Crippen LogP contribution in [0, 0.1) is 0 Å². The molecule has 7 aromatic carbocycles. The number of rotatable bonds is 2. The number of para-hydroxylation sites is 1. The van der Waals surface area contributed by atoms with E-state index in [9.17, 15) is 0 Å². The summed E-state index contributed by atoms with van der Waals surface area (Å²) in [5.41, 5.74) is 11.3. The van der Waals surface area contributed by atoms with Crippen LogP contribution in [0.3, 0.4) is 0 Å². The maximum Gasteiger partial charge on any atom is 0.135 e. The molecule has 41 heavy (non-hydrogen) atoms. The SMILES string of the molecule is CC1(c2ccccc2)c2cc(-c3cc4c5c(cccc5c3)Oc3ccccc3-4)ccc2-c2c1ccc1ccccc21. The molecule has 9 rings (SSSR count). The first-order valence-electron chi connectivity index (χ1n) is 14.3. The Kier molecular flexibility index (Phi) is 4.52. The molecule has 1 aliphatic heterocycles. The zero-order valence-electron chi connectivity index (χ0n) is 22.7. The molecule has 0 saturated carbocycles. The maximum atomic E-state index is 6.30. The highest BCUT2D eigenvalue weighted by atomic mass is 16.5. The van der Waals surface area contributed by atoms with Crippen LogP contribution in [-0.4, -0.2) is 0 Å². The quantitative estimate of drug-likeness (QED) is 0.219. The highest BCUT2D eigenvalue weighted by Gasteiger charge is 2.41. The molecule has 192 valence electrons. The van der Waals surface area contributed by atoms with Crippen LogP contribution in [0.1, 0.15) is 23.6 Å². The highest BCUT2D eigenvalue weighted by Crippen LogP contribution is 2.55. The van der Waals surface area contributed by atoms with Gasteiger partial charge in [0.2, 0.25) is 0 Å². The molecule has 1 aliphatic carbocycles. The first-order chi connectivity index (χ1) is 20.2. The lowest BCUT2D eigenvalue weighted by Crippen LogP contribution is -2.22. The number of hydrogen-bond acceptors (Lipinski definition) is 1. The second-order valence-electron chi connectivity index (χ2n) is 11.4. The van der Waals surface area contributed by atoms with Gasteiger partial charge in [0.15, 0.2) is 0 Å². The first kappa shape index (κ1) is 22.7. The molecule has 0 fully saturated rings. The number of fused-ring (bicyclic) bond motifs is 7. The summed E-state index contributed by atoms with van der Waals surface area (Å²) in [5.74, 6) is 1.84. The largest absolute Gasteiger partial charge is 0.456 e. The van der Waals surface area contributed by atoms with Crippen molar-refractivity contribution in [3.05, 3.63) is 156 Å². The molecule has 1 heteroatoms. The van der Waals surface area contributed by atoms with E-state index in [1.807, 2.05) is 6.07 Å². The molecule has 0 bridgehead atoms. The van der Waals surface area contributed by atoms with E-state index in [4.69, 9.17) is 4.74 Å². The summed E-state index contributed by atoms with van der Waals surface area (Å²) in [7, 11) is 0. The Labute approximate surface area is 239 Å². The monoisotopic (exact) mass is 522 g/mol. The van der Waals surface area contributed by atoms with Crippen LogP contribution in [0.4, 0.5) is 0 Å². The molecule has 1 nitrogen and oxygen atoms in total. The topological polar surface area (TPSA) is 9.23 Å². The van der Waals surface area contributed by atoms with E-state index >= 15 is 0 Å². The molecule has 1 heterocycles. The van der Waals surface area contributed by atoms with Gasteiger partial charge in [-0.2, -0.15) is 0 Å². The predicted octanol–water partition coefficient (Wildman–Crippen LogP) is 10.8. The molecular weight excluding hydrogens is 496 g/mol.